The number of rotatable bonds is 6. The van der Waals surface area contributed by atoms with E-state index in [1.807, 2.05) is 42.5 Å². The minimum Gasteiger partial charge on any atom is -0.497 e. The Labute approximate surface area is 127 Å². The summed E-state index contributed by atoms with van der Waals surface area (Å²) in [5, 5.41) is 0. The smallest absolute Gasteiger partial charge is 0.133 e. The van der Waals surface area contributed by atoms with Gasteiger partial charge in [0.05, 0.1) is 31.9 Å². The van der Waals surface area contributed by atoms with Crippen molar-refractivity contribution in [3.63, 3.8) is 0 Å². The molecule has 0 radical (unpaired) electrons. The highest BCUT2D eigenvalue weighted by molar-refractivity contribution is 9.10. The van der Waals surface area contributed by atoms with Crippen LogP contribution >= 0.6 is 15.9 Å². The van der Waals surface area contributed by atoms with Crippen LogP contribution in [0.2, 0.25) is 0 Å². The van der Waals surface area contributed by atoms with Crippen molar-refractivity contribution in [3.05, 3.63) is 58.1 Å². The Morgan fingerprint density at radius 3 is 2.10 bits per heavy atom. The molecule has 0 aliphatic rings. The number of hydrogen-bond donors (Lipinski definition) is 0. The van der Waals surface area contributed by atoms with Crippen LogP contribution in [0.15, 0.2) is 46.9 Å². The molecule has 106 valence electrons. The van der Waals surface area contributed by atoms with Gasteiger partial charge in [-0.15, -0.1) is 0 Å². The third kappa shape index (κ3) is 3.99. The topological polar surface area (TPSA) is 27.7 Å². The van der Waals surface area contributed by atoms with Crippen LogP contribution in [-0.4, -0.2) is 14.2 Å². The Morgan fingerprint density at radius 2 is 1.50 bits per heavy atom. The standard InChI is InChI=1S/C16H17BrO3/c1-18-14-6-3-12(4-7-14)10-20-11-13-5-8-16(19-2)15(17)9-13/h3-9H,10-11H2,1-2H3. The fourth-order valence-corrected chi connectivity index (χ4v) is 2.40. The molecule has 0 atom stereocenters. The molecule has 0 aliphatic heterocycles. The van der Waals surface area contributed by atoms with Crippen LogP contribution in [0, 0.1) is 0 Å². The van der Waals surface area contributed by atoms with Crippen LogP contribution in [0.25, 0.3) is 0 Å². The van der Waals surface area contributed by atoms with E-state index in [0.29, 0.717) is 13.2 Å². The van der Waals surface area contributed by atoms with Crippen molar-refractivity contribution in [1.82, 2.24) is 0 Å². The quantitative estimate of drug-likeness (QED) is 0.791. The normalized spacial score (nSPS) is 10.3. The molecule has 0 N–H and O–H groups in total. The second kappa shape index (κ2) is 7.31. The number of hydrogen-bond acceptors (Lipinski definition) is 3. The summed E-state index contributed by atoms with van der Waals surface area (Å²) in [5.41, 5.74) is 2.23. The molecule has 0 fully saturated rings. The van der Waals surface area contributed by atoms with Crippen LogP contribution in [0.5, 0.6) is 11.5 Å². The number of ether oxygens (including phenoxy) is 3. The maximum absolute atomic E-state index is 5.71. The van der Waals surface area contributed by atoms with E-state index in [0.717, 1.165) is 27.1 Å². The van der Waals surface area contributed by atoms with Crippen LogP contribution in [0.3, 0.4) is 0 Å². The van der Waals surface area contributed by atoms with Crippen molar-refractivity contribution in [2.24, 2.45) is 0 Å². The molecule has 2 rings (SSSR count). The Bertz CT molecular complexity index is 552. The van der Waals surface area contributed by atoms with Crippen LogP contribution < -0.4 is 9.47 Å². The van der Waals surface area contributed by atoms with Gasteiger partial charge in [-0.3, -0.25) is 0 Å². The second-order valence-electron chi connectivity index (χ2n) is 4.31. The molecular weight excluding hydrogens is 320 g/mol. The average Bonchev–Trinajstić information content (AvgIpc) is 2.48. The highest BCUT2D eigenvalue weighted by atomic mass is 79.9. The lowest BCUT2D eigenvalue weighted by Gasteiger charge is -2.08. The molecule has 20 heavy (non-hydrogen) atoms. The van der Waals surface area contributed by atoms with Gasteiger partial charge in [0.1, 0.15) is 11.5 Å². The zero-order valence-electron chi connectivity index (χ0n) is 11.6. The predicted octanol–water partition coefficient (Wildman–Crippen LogP) is 4.18. The molecule has 0 spiro atoms. The monoisotopic (exact) mass is 336 g/mol. The summed E-state index contributed by atoms with van der Waals surface area (Å²) in [4.78, 5) is 0. The van der Waals surface area contributed by atoms with Gasteiger partial charge in [0.2, 0.25) is 0 Å². The maximum Gasteiger partial charge on any atom is 0.133 e. The predicted molar refractivity (Wildman–Crippen MR) is 82.2 cm³/mol. The molecule has 0 unspecified atom stereocenters. The van der Waals surface area contributed by atoms with Crippen molar-refractivity contribution in [1.29, 1.82) is 0 Å². The van der Waals surface area contributed by atoms with E-state index in [2.05, 4.69) is 15.9 Å². The van der Waals surface area contributed by atoms with Gasteiger partial charge < -0.3 is 14.2 Å². The summed E-state index contributed by atoms with van der Waals surface area (Å²) >= 11 is 3.47. The van der Waals surface area contributed by atoms with Gasteiger partial charge in [0, 0.05) is 0 Å². The zero-order chi connectivity index (χ0) is 14.4. The SMILES string of the molecule is COc1ccc(COCc2ccc(OC)c(Br)c2)cc1. The first-order valence-electron chi connectivity index (χ1n) is 6.26. The van der Waals surface area contributed by atoms with Crippen LogP contribution in [-0.2, 0) is 18.0 Å². The average molecular weight is 337 g/mol. The molecule has 0 heterocycles. The highest BCUT2D eigenvalue weighted by Crippen LogP contribution is 2.25. The van der Waals surface area contributed by atoms with E-state index in [1.54, 1.807) is 14.2 Å². The van der Waals surface area contributed by atoms with Gasteiger partial charge in [-0.2, -0.15) is 0 Å². The minimum atomic E-state index is 0.564. The molecule has 0 saturated heterocycles. The third-order valence-electron chi connectivity index (χ3n) is 2.91. The molecular formula is C16H17BrO3. The molecule has 0 saturated carbocycles. The van der Waals surface area contributed by atoms with E-state index in [9.17, 15) is 0 Å². The minimum absolute atomic E-state index is 0.564. The Kier molecular flexibility index (Phi) is 5.44. The van der Waals surface area contributed by atoms with Gasteiger partial charge in [0.15, 0.2) is 0 Å². The fourth-order valence-electron chi connectivity index (χ4n) is 1.81. The molecule has 0 bridgehead atoms. The van der Waals surface area contributed by atoms with Gasteiger partial charge in [-0.05, 0) is 51.3 Å². The van der Waals surface area contributed by atoms with E-state index in [1.165, 1.54) is 0 Å². The fraction of sp³-hybridized carbons (Fsp3) is 0.250. The molecule has 0 amide bonds. The van der Waals surface area contributed by atoms with Crippen LogP contribution in [0.4, 0.5) is 0 Å². The van der Waals surface area contributed by atoms with Crippen LogP contribution in [0.1, 0.15) is 11.1 Å². The van der Waals surface area contributed by atoms with Crippen molar-refractivity contribution in [2.75, 3.05) is 14.2 Å². The molecule has 0 aromatic heterocycles. The lowest BCUT2D eigenvalue weighted by atomic mass is 10.2. The largest absolute Gasteiger partial charge is 0.497 e. The van der Waals surface area contributed by atoms with E-state index in [4.69, 9.17) is 14.2 Å². The van der Waals surface area contributed by atoms with Gasteiger partial charge in [0.25, 0.3) is 0 Å². The van der Waals surface area contributed by atoms with Gasteiger partial charge in [-0.1, -0.05) is 18.2 Å². The summed E-state index contributed by atoms with van der Waals surface area (Å²) in [6.45, 7) is 1.14. The summed E-state index contributed by atoms with van der Waals surface area (Å²) in [7, 11) is 3.31. The zero-order valence-corrected chi connectivity index (χ0v) is 13.1. The number of halogens is 1. The maximum atomic E-state index is 5.71. The van der Waals surface area contributed by atoms with Gasteiger partial charge in [-0.25, -0.2) is 0 Å². The molecule has 4 heteroatoms. The summed E-state index contributed by atoms with van der Waals surface area (Å²) in [5.74, 6) is 1.68. The number of methoxy groups -OCH3 is 2. The van der Waals surface area contributed by atoms with E-state index in [-0.39, 0.29) is 0 Å². The Balaban J connectivity index is 1.87. The Morgan fingerprint density at radius 1 is 0.850 bits per heavy atom. The van der Waals surface area contributed by atoms with E-state index < -0.39 is 0 Å². The summed E-state index contributed by atoms with van der Waals surface area (Å²) < 4.78 is 17.0. The number of benzene rings is 2. The van der Waals surface area contributed by atoms with Crippen molar-refractivity contribution >= 4 is 15.9 Å². The van der Waals surface area contributed by atoms with Crippen molar-refractivity contribution in [2.45, 2.75) is 13.2 Å². The lowest BCUT2D eigenvalue weighted by molar-refractivity contribution is 0.107. The molecule has 2 aromatic rings. The third-order valence-corrected chi connectivity index (χ3v) is 3.53. The first-order chi connectivity index (χ1) is 9.72. The van der Waals surface area contributed by atoms with Crippen molar-refractivity contribution < 1.29 is 14.2 Å². The first-order valence-corrected chi connectivity index (χ1v) is 7.05. The van der Waals surface area contributed by atoms with E-state index >= 15 is 0 Å². The molecule has 0 aliphatic carbocycles. The molecule has 2 aromatic carbocycles. The lowest BCUT2D eigenvalue weighted by Crippen LogP contribution is -1.95. The Hall–Kier alpha value is -1.52. The molecule has 3 nitrogen and oxygen atoms in total. The van der Waals surface area contributed by atoms with Gasteiger partial charge >= 0.3 is 0 Å². The van der Waals surface area contributed by atoms with Crippen molar-refractivity contribution in [3.8, 4) is 11.5 Å². The highest BCUT2D eigenvalue weighted by Gasteiger charge is 2.02. The first kappa shape index (κ1) is 14.9. The summed E-state index contributed by atoms with van der Waals surface area (Å²) in [6, 6.07) is 13.8. The second-order valence-corrected chi connectivity index (χ2v) is 5.16. The summed E-state index contributed by atoms with van der Waals surface area (Å²) in [6.07, 6.45) is 0.